The van der Waals surface area contributed by atoms with Crippen LogP contribution in [0.25, 0.3) is 0 Å². The minimum Gasteiger partial charge on any atom is -0.497 e. The molecule has 0 spiro atoms. The molecule has 3 aromatic rings. The van der Waals surface area contributed by atoms with Gasteiger partial charge >= 0.3 is 0 Å². The van der Waals surface area contributed by atoms with Crippen molar-refractivity contribution in [3.8, 4) is 11.8 Å². The van der Waals surface area contributed by atoms with Gasteiger partial charge < -0.3 is 10.1 Å². The number of ether oxygens (including phenoxy) is 1. The highest BCUT2D eigenvalue weighted by atomic mass is 16.5. The lowest BCUT2D eigenvalue weighted by Crippen LogP contribution is -2.06. The molecule has 0 aliphatic carbocycles. The van der Waals surface area contributed by atoms with Crippen LogP contribution in [-0.4, -0.2) is 22.1 Å². The molecular formula is C20H21N5O. The highest BCUT2D eigenvalue weighted by Crippen LogP contribution is 2.13. The summed E-state index contributed by atoms with van der Waals surface area (Å²) in [5, 5.41) is 11.9. The predicted molar refractivity (Wildman–Crippen MR) is 101 cm³/mol. The van der Waals surface area contributed by atoms with Crippen LogP contribution >= 0.6 is 0 Å². The second kappa shape index (κ2) is 10.4. The summed E-state index contributed by atoms with van der Waals surface area (Å²) in [7, 11) is 1.64. The Bertz CT molecular complexity index is 802. The fourth-order valence-electron chi connectivity index (χ4n) is 2.05. The number of anilines is 1. The van der Waals surface area contributed by atoms with Crippen LogP contribution in [0.2, 0.25) is 0 Å². The van der Waals surface area contributed by atoms with E-state index in [1.165, 1.54) is 0 Å². The Balaban J connectivity index is 0.000000342. The fourth-order valence-corrected chi connectivity index (χ4v) is 2.05. The van der Waals surface area contributed by atoms with Gasteiger partial charge in [-0.1, -0.05) is 18.2 Å². The third-order valence-electron chi connectivity index (χ3n) is 3.50. The molecule has 2 aromatic heterocycles. The zero-order valence-electron chi connectivity index (χ0n) is 14.9. The number of hydrogen-bond acceptors (Lipinski definition) is 6. The van der Waals surface area contributed by atoms with Crippen molar-refractivity contribution in [3.05, 3.63) is 77.9 Å². The summed E-state index contributed by atoms with van der Waals surface area (Å²) in [6.45, 7) is 2.53. The van der Waals surface area contributed by atoms with Crippen LogP contribution in [0.1, 0.15) is 16.8 Å². The summed E-state index contributed by atoms with van der Waals surface area (Å²) in [5.41, 5.74) is 2.80. The zero-order chi connectivity index (χ0) is 18.6. The van der Waals surface area contributed by atoms with Crippen LogP contribution in [0.4, 0.5) is 5.95 Å². The molecular weight excluding hydrogens is 326 g/mol. The zero-order valence-corrected chi connectivity index (χ0v) is 14.9. The maximum absolute atomic E-state index is 8.75. The molecule has 0 saturated carbocycles. The molecule has 26 heavy (non-hydrogen) atoms. The lowest BCUT2D eigenvalue weighted by Gasteiger charge is -2.08. The van der Waals surface area contributed by atoms with Gasteiger partial charge in [0.15, 0.2) is 0 Å². The van der Waals surface area contributed by atoms with E-state index in [0.717, 1.165) is 22.6 Å². The van der Waals surface area contributed by atoms with Crippen molar-refractivity contribution < 1.29 is 4.74 Å². The maximum Gasteiger partial charge on any atom is 0.223 e. The largest absolute Gasteiger partial charge is 0.497 e. The highest BCUT2D eigenvalue weighted by Gasteiger charge is 2.03. The number of aromatic nitrogens is 3. The summed E-state index contributed by atoms with van der Waals surface area (Å²) >= 11 is 0. The van der Waals surface area contributed by atoms with E-state index in [4.69, 9.17) is 10.00 Å². The number of nitriles is 1. The van der Waals surface area contributed by atoms with Crippen molar-refractivity contribution >= 4 is 5.95 Å². The predicted octanol–water partition coefficient (Wildman–Crippen LogP) is 3.55. The first kappa shape index (κ1) is 18.9. The molecule has 0 saturated heterocycles. The van der Waals surface area contributed by atoms with Gasteiger partial charge in [-0.05, 0) is 42.3 Å². The van der Waals surface area contributed by atoms with Gasteiger partial charge in [0.2, 0.25) is 5.95 Å². The first-order valence-corrected chi connectivity index (χ1v) is 8.14. The monoisotopic (exact) mass is 347 g/mol. The van der Waals surface area contributed by atoms with Crippen molar-refractivity contribution in [2.75, 3.05) is 12.4 Å². The summed E-state index contributed by atoms with van der Waals surface area (Å²) in [6.07, 6.45) is 5.53. The van der Waals surface area contributed by atoms with E-state index in [2.05, 4.69) is 26.3 Å². The normalized spacial score (nSPS) is 9.42. The van der Waals surface area contributed by atoms with Crippen LogP contribution < -0.4 is 10.1 Å². The van der Waals surface area contributed by atoms with Crippen molar-refractivity contribution in [3.63, 3.8) is 0 Å². The number of nitrogens with zero attached hydrogens (tertiary/aromatic N) is 4. The third-order valence-corrected chi connectivity index (χ3v) is 3.50. The third kappa shape index (κ3) is 6.21. The van der Waals surface area contributed by atoms with E-state index < -0.39 is 0 Å². The number of aryl methyl sites for hydroxylation is 1. The van der Waals surface area contributed by atoms with E-state index in [0.29, 0.717) is 18.9 Å². The van der Waals surface area contributed by atoms with Crippen LogP contribution in [0.3, 0.4) is 0 Å². The summed E-state index contributed by atoms with van der Waals surface area (Å²) in [6, 6.07) is 15.6. The van der Waals surface area contributed by atoms with E-state index in [1.54, 1.807) is 25.7 Å². The SMILES string of the molecule is COc1ccc(CNc2ncc(C)c(CC#N)n2)cc1.c1ccncc1. The Hall–Kier alpha value is -3.46. The average Bonchev–Trinajstić information content (AvgIpc) is 2.71. The van der Waals surface area contributed by atoms with Crippen molar-refractivity contribution in [2.24, 2.45) is 0 Å². The number of methoxy groups -OCH3 is 1. The van der Waals surface area contributed by atoms with Gasteiger partial charge in [-0.15, -0.1) is 0 Å². The molecule has 0 aliphatic rings. The molecule has 6 nitrogen and oxygen atoms in total. The van der Waals surface area contributed by atoms with E-state index in [1.807, 2.05) is 49.4 Å². The Morgan fingerprint density at radius 3 is 2.38 bits per heavy atom. The quantitative estimate of drug-likeness (QED) is 0.760. The number of pyridine rings is 1. The van der Waals surface area contributed by atoms with Gasteiger partial charge in [0, 0.05) is 25.1 Å². The molecule has 0 unspecified atom stereocenters. The van der Waals surface area contributed by atoms with Gasteiger partial charge in [-0.2, -0.15) is 5.26 Å². The number of hydrogen-bond donors (Lipinski definition) is 1. The second-order valence-corrected chi connectivity index (χ2v) is 5.38. The van der Waals surface area contributed by atoms with E-state index in [9.17, 15) is 0 Å². The molecule has 132 valence electrons. The number of rotatable bonds is 5. The van der Waals surface area contributed by atoms with Gasteiger partial charge in [0.1, 0.15) is 5.75 Å². The highest BCUT2D eigenvalue weighted by molar-refractivity contribution is 5.33. The van der Waals surface area contributed by atoms with Crippen LogP contribution in [0.15, 0.2) is 61.1 Å². The molecule has 0 amide bonds. The topological polar surface area (TPSA) is 83.7 Å². The van der Waals surface area contributed by atoms with Crippen molar-refractivity contribution in [1.29, 1.82) is 5.26 Å². The minimum absolute atomic E-state index is 0.297. The molecule has 0 fully saturated rings. The first-order valence-electron chi connectivity index (χ1n) is 8.14. The molecule has 2 heterocycles. The summed E-state index contributed by atoms with van der Waals surface area (Å²) in [4.78, 5) is 12.3. The molecule has 0 atom stereocenters. The molecule has 0 radical (unpaired) electrons. The standard InChI is InChI=1S/C15H16N4O.C5H5N/c1-11-9-17-15(19-14(11)7-8-16)18-10-12-3-5-13(20-2)6-4-12;1-2-4-6-5-3-1/h3-6,9H,7,10H2,1-2H3,(H,17,18,19);1-5H. The molecule has 1 aromatic carbocycles. The Morgan fingerprint density at radius 2 is 1.85 bits per heavy atom. The van der Waals surface area contributed by atoms with Gasteiger partial charge in [0.25, 0.3) is 0 Å². The maximum atomic E-state index is 8.75. The van der Waals surface area contributed by atoms with Gasteiger partial charge in [-0.25, -0.2) is 9.97 Å². The molecule has 3 rings (SSSR count). The molecule has 0 bridgehead atoms. The van der Waals surface area contributed by atoms with Gasteiger partial charge in [-0.3, -0.25) is 4.98 Å². The average molecular weight is 347 g/mol. The smallest absolute Gasteiger partial charge is 0.223 e. The summed E-state index contributed by atoms with van der Waals surface area (Å²) < 4.78 is 5.11. The van der Waals surface area contributed by atoms with Crippen LogP contribution in [0, 0.1) is 18.3 Å². The van der Waals surface area contributed by atoms with E-state index >= 15 is 0 Å². The lowest BCUT2D eigenvalue weighted by atomic mass is 10.2. The lowest BCUT2D eigenvalue weighted by molar-refractivity contribution is 0.414. The molecule has 1 N–H and O–H groups in total. The minimum atomic E-state index is 0.297. The first-order chi connectivity index (χ1) is 12.7. The number of nitrogens with one attached hydrogen (secondary N) is 1. The Morgan fingerprint density at radius 1 is 1.12 bits per heavy atom. The van der Waals surface area contributed by atoms with Crippen LogP contribution in [-0.2, 0) is 13.0 Å². The fraction of sp³-hybridized carbons (Fsp3) is 0.200. The van der Waals surface area contributed by atoms with Crippen molar-refractivity contribution in [2.45, 2.75) is 19.9 Å². The van der Waals surface area contributed by atoms with Crippen LogP contribution in [0.5, 0.6) is 5.75 Å². The summed E-state index contributed by atoms with van der Waals surface area (Å²) in [5.74, 6) is 1.37. The Labute approximate surface area is 153 Å². The second-order valence-electron chi connectivity index (χ2n) is 5.38. The van der Waals surface area contributed by atoms with Crippen molar-refractivity contribution in [1.82, 2.24) is 15.0 Å². The number of benzene rings is 1. The molecule has 0 aliphatic heterocycles. The van der Waals surface area contributed by atoms with E-state index in [-0.39, 0.29) is 0 Å². The Kier molecular flexibility index (Phi) is 7.56. The van der Waals surface area contributed by atoms with Gasteiger partial charge in [0.05, 0.1) is 25.3 Å². The molecule has 6 heteroatoms.